The maximum Gasteiger partial charge on any atom is 0.244 e. The monoisotopic (exact) mass is 291 g/mol. The van der Waals surface area contributed by atoms with Gasteiger partial charge >= 0.3 is 0 Å². The summed E-state index contributed by atoms with van der Waals surface area (Å²) in [5.74, 6) is -0.465. The van der Waals surface area contributed by atoms with Crippen molar-refractivity contribution in [1.82, 2.24) is 0 Å². The quantitative estimate of drug-likeness (QED) is 0.831. The van der Waals surface area contributed by atoms with Crippen LogP contribution in [0.25, 0.3) is 0 Å². The first-order valence-electron chi connectivity index (χ1n) is 6.41. The molecule has 1 aromatic carbocycles. The first-order chi connectivity index (χ1) is 9.40. The van der Waals surface area contributed by atoms with E-state index in [0.717, 1.165) is 0 Å². The van der Waals surface area contributed by atoms with E-state index in [2.05, 4.69) is 5.32 Å². The van der Waals surface area contributed by atoms with Crippen molar-refractivity contribution < 1.29 is 9.59 Å². The second-order valence-electron chi connectivity index (χ2n) is 5.01. The van der Waals surface area contributed by atoms with E-state index in [9.17, 15) is 9.59 Å². The summed E-state index contributed by atoms with van der Waals surface area (Å²) in [5.41, 5.74) is 6.08. The second-order valence-corrected chi connectivity index (χ2v) is 5.45. The molecule has 0 radical (unpaired) electrons. The van der Waals surface area contributed by atoms with Crippen LogP contribution < -0.4 is 16.0 Å². The standard InChI is InChI=1S/C14H17N3O2S/c1-3-14(2,12(15)20)13(19)17-8-11(18)16-9-6-4-5-7-10(9)17/h4-7H,3,8H2,1-2H3,(H2,15,20)(H,16,18). The van der Waals surface area contributed by atoms with Gasteiger partial charge in [-0.05, 0) is 25.5 Å². The zero-order chi connectivity index (χ0) is 14.9. The van der Waals surface area contributed by atoms with Crippen LogP contribution in [0.1, 0.15) is 20.3 Å². The third-order valence-electron chi connectivity index (χ3n) is 3.74. The van der Waals surface area contributed by atoms with Gasteiger partial charge in [0.25, 0.3) is 0 Å². The predicted octanol–water partition coefficient (Wildman–Crippen LogP) is 1.67. The van der Waals surface area contributed by atoms with Crippen LogP contribution in [0, 0.1) is 5.41 Å². The number of amides is 2. The lowest BCUT2D eigenvalue weighted by molar-refractivity contribution is -0.126. The van der Waals surface area contributed by atoms with Crippen molar-refractivity contribution in [1.29, 1.82) is 0 Å². The molecule has 2 rings (SSSR count). The van der Waals surface area contributed by atoms with E-state index >= 15 is 0 Å². The van der Waals surface area contributed by atoms with Crippen LogP contribution >= 0.6 is 12.2 Å². The average molecular weight is 291 g/mol. The molecule has 1 aliphatic rings. The molecule has 3 N–H and O–H groups in total. The highest BCUT2D eigenvalue weighted by atomic mass is 32.1. The number of hydrogen-bond acceptors (Lipinski definition) is 3. The molecular weight excluding hydrogens is 274 g/mol. The number of nitrogens with two attached hydrogens (primary N) is 1. The van der Waals surface area contributed by atoms with Crippen molar-refractivity contribution in [3.05, 3.63) is 24.3 Å². The first kappa shape index (κ1) is 14.5. The number of anilines is 2. The predicted molar refractivity (Wildman–Crippen MR) is 82.6 cm³/mol. The number of rotatable bonds is 3. The Kier molecular flexibility index (Phi) is 3.76. The fourth-order valence-corrected chi connectivity index (χ4v) is 2.37. The number of nitrogens with zero attached hydrogens (tertiary/aromatic N) is 1. The summed E-state index contributed by atoms with van der Waals surface area (Å²) in [7, 11) is 0. The number of fused-ring (bicyclic) bond motifs is 1. The van der Waals surface area contributed by atoms with Gasteiger partial charge in [0.15, 0.2) is 0 Å². The van der Waals surface area contributed by atoms with Crippen molar-refractivity contribution in [3.8, 4) is 0 Å². The minimum atomic E-state index is -0.944. The first-order valence-corrected chi connectivity index (χ1v) is 6.81. The Labute approximate surface area is 123 Å². The van der Waals surface area contributed by atoms with Crippen LogP contribution in [0.15, 0.2) is 24.3 Å². The number of hydrogen-bond donors (Lipinski definition) is 2. The van der Waals surface area contributed by atoms with Crippen LogP contribution in [0.5, 0.6) is 0 Å². The lowest BCUT2D eigenvalue weighted by Gasteiger charge is -2.36. The van der Waals surface area contributed by atoms with Crippen molar-refractivity contribution in [3.63, 3.8) is 0 Å². The van der Waals surface area contributed by atoms with E-state index in [1.807, 2.05) is 13.0 Å². The molecule has 6 heteroatoms. The van der Waals surface area contributed by atoms with Gasteiger partial charge in [-0.15, -0.1) is 0 Å². The molecule has 1 aromatic rings. The largest absolute Gasteiger partial charge is 0.392 e. The third-order valence-corrected chi connectivity index (χ3v) is 4.19. The molecule has 0 fully saturated rings. The SMILES string of the molecule is CCC(C)(C(=O)N1CC(=O)Nc2ccccc21)C(N)=S. The molecule has 0 aliphatic carbocycles. The number of benzene rings is 1. The average Bonchev–Trinajstić information content (AvgIpc) is 2.44. The summed E-state index contributed by atoms with van der Waals surface area (Å²) in [4.78, 5) is 26.1. The molecule has 1 heterocycles. The molecule has 1 atom stereocenters. The maximum atomic E-state index is 12.8. The normalized spacial score (nSPS) is 16.9. The lowest BCUT2D eigenvalue weighted by Crippen LogP contribution is -2.52. The van der Waals surface area contributed by atoms with Gasteiger partial charge in [-0.25, -0.2) is 0 Å². The Hall–Kier alpha value is -1.95. The van der Waals surface area contributed by atoms with Crippen molar-refractivity contribution in [2.75, 3.05) is 16.8 Å². The van der Waals surface area contributed by atoms with E-state index in [1.54, 1.807) is 25.1 Å². The van der Waals surface area contributed by atoms with Gasteiger partial charge in [-0.1, -0.05) is 31.3 Å². The molecule has 0 bridgehead atoms. The smallest absolute Gasteiger partial charge is 0.244 e. The van der Waals surface area contributed by atoms with Crippen LogP contribution in [0.4, 0.5) is 11.4 Å². The van der Waals surface area contributed by atoms with Gasteiger partial charge in [-0.2, -0.15) is 0 Å². The Morgan fingerprint density at radius 1 is 1.50 bits per heavy atom. The molecule has 0 aromatic heterocycles. The molecule has 0 saturated heterocycles. The van der Waals surface area contributed by atoms with E-state index in [4.69, 9.17) is 18.0 Å². The number of thiocarbonyl (C=S) groups is 1. The summed E-state index contributed by atoms with van der Waals surface area (Å²) in [6.45, 7) is 3.55. The zero-order valence-electron chi connectivity index (χ0n) is 11.5. The topological polar surface area (TPSA) is 75.4 Å². The molecule has 2 amide bonds. The summed E-state index contributed by atoms with van der Waals surface area (Å²) < 4.78 is 0. The zero-order valence-corrected chi connectivity index (χ0v) is 12.3. The summed E-state index contributed by atoms with van der Waals surface area (Å²) in [5, 5.41) is 2.75. The molecule has 1 unspecified atom stereocenters. The minimum absolute atomic E-state index is 0.0198. The van der Waals surface area contributed by atoms with Gasteiger partial charge in [-0.3, -0.25) is 9.59 Å². The molecule has 5 nitrogen and oxygen atoms in total. The fraction of sp³-hybridized carbons (Fsp3) is 0.357. The van der Waals surface area contributed by atoms with Gasteiger partial charge in [0.1, 0.15) is 6.54 Å². The highest BCUT2D eigenvalue weighted by molar-refractivity contribution is 7.80. The van der Waals surface area contributed by atoms with Crippen LogP contribution in [-0.2, 0) is 9.59 Å². The van der Waals surface area contributed by atoms with Crippen molar-refractivity contribution in [2.45, 2.75) is 20.3 Å². The van der Waals surface area contributed by atoms with E-state index in [0.29, 0.717) is 17.8 Å². The van der Waals surface area contributed by atoms with Crippen molar-refractivity contribution >= 4 is 40.4 Å². The van der Waals surface area contributed by atoms with Crippen LogP contribution in [0.2, 0.25) is 0 Å². The summed E-state index contributed by atoms with van der Waals surface area (Å²) in [6.07, 6.45) is 0.488. The highest BCUT2D eigenvalue weighted by Crippen LogP contribution is 2.34. The molecule has 0 spiro atoms. The van der Waals surface area contributed by atoms with Gasteiger partial charge < -0.3 is 16.0 Å². The summed E-state index contributed by atoms with van der Waals surface area (Å²) >= 11 is 5.03. The molecule has 20 heavy (non-hydrogen) atoms. The lowest BCUT2D eigenvalue weighted by atomic mass is 9.85. The van der Waals surface area contributed by atoms with Gasteiger partial charge in [0.2, 0.25) is 11.8 Å². The Balaban J connectivity index is 2.45. The maximum absolute atomic E-state index is 12.8. The fourth-order valence-electron chi connectivity index (χ4n) is 2.14. The van der Waals surface area contributed by atoms with E-state index in [1.165, 1.54) is 4.90 Å². The molecule has 1 aliphatic heterocycles. The van der Waals surface area contributed by atoms with Crippen molar-refractivity contribution in [2.24, 2.45) is 11.1 Å². The number of para-hydroxylation sites is 2. The Bertz CT molecular complexity index is 588. The molecule has 106 valence electrons. The Morgan fingerprint density at radius 2 is 2.15 bits per heavy atom. The van der Waals surface area contributed by atoms with E-state index < -0.39 is 5.41 Å². The van der Waals surface area contributed by atoms with Gasteiger partial charge in [0, 0.05) is 0 Å². The highest BCUT2D eigenvalue weighted by Gasteiger charge is 2.40. The third kappa shape index (κ3) is 2.27. The molecular formula is C14H17N3O2S. The molecule has 0 saturated carbocycles. The van der Waals surface area contributed by atoms with Crippen LogP contribution in [-0.4, -0.2) is 23.3 Å². The number of carbonyl (C=O) groups excluding carboxylic acids is 2. The van der Waals surface area contributed by atoms with Crippen LogP contribution in [0.3, 0.4) is 0 Å². The summed E-state index contributed by atoms with van der Waals surface area (Å²) in [6, 6.07) is 7.18. The van der Waals surface area contributed by atoms with Gasteiger partial charge in [0.05, 0.1) is 21.8 Å². The number of nitrogens with one attached hydrogen (secondary N) is 1. The minimum Gasteiger partial charge on any atom is -0.392 e. The van der Waals surface area contributed by atoms with E-state index in [-0.39, 0.29) is 23.3 Å². The number of carbonyl (C=O) groups is 2. The second kappa shape index (κ2) is 5.20. The Morgan fingerprint density at radius 3 is 2.75 bits per heavy atom.